The summed E-state index contributed by atoms with van der Waals surface area (Å²) in [5.41, 5.74) is 1.31. The molecule has 1 N–H and O–H groups in total. The van der Waals surface area contributed by atoms with E-state index in [1.165, 1.54) is 16.3 Å². The Labute approximate surface area is 96.7 Å². The number of aliphatic hydroxyl groups is 1. The second kappa shape index (κ2) is 4.67. The highest BCUT2D eigenvalue weighted by Crippen LogP contribution is 2.24. The minimum atomic E-state index is -0.235. The molecule has 1 heteroatoms. The number of aliphatic hydroxyl groups excluding tert-OH is 1. The van der Waals surface area contributed by atoms with E-state index in [0.29, 0.717) is 5.92 Å². The monoisotopic (exact) mass is 214 g/mol. The van der Waals surface area contributed by atoms with Crippen LogP contribution in [0.25, 0.3) is 10.8 Å². The van der Waals surface area contributed by atoms with Crippen LogP contribution in [0.3, 0.4) is 0 Å². The zero-order valence-electron chi connectivity index (χ0n) is 9.85. The van der Waals surface area contributed by atoms with E-state index in [-0.39, 0.29) is 6.10 Å². The number of rotatable bonds is 3. The van der Waals surface area contributed by atoms with Crippen LogP contribution < -0.4 is 0 Å². The summed E-state index contributed by atoms with van der Waals surface area (Å²) in [6, 6.07) is 14.9. The molecule has 0 spiro atoms. The van der Waals surface area contributed by atoms with E-state index in [4.69, 9.17) is 0 Å². The molecule has 0 aromatic heterocycles. The molecule has 2 aromatic rings. The highest BCUT2D eigenvalue weighted by Gasteiger charge is 2.08. The van der Waals surface area contributed by atoms with Crippen LogP contribution in [-0.2, 0) is 0 Å². The Morgan fingerprint density at radius 1 is 1.00 bits per heavy atom. The van der Waals surface area contributed by atoms with E-state index in [2.05, 4.69) is 49.4 Å². The summed E-state index contributed by atoms with van der Waals surface area (Å²) >= 11 is 0. The van der Waals surface area contributed by atoms with Crippen molar-refractivity contribution in [3.05, 3.63) is 48.0 Å². The summed E-state index contributed by atoms with van der Waals surface area (Å²) in [6.07, 6.45) is 0.583. The molecule has 2 aromatic carbocycles. The molecule has 16 heavy (non-hydrogen) atoms. The molecule has 0 aliphatic rings. The van der Waals surface area contributed by atoms with Crippen molar-refractivity contribution >= 4 is 10.8 Å². The largest absolute Gasteiger partial charge is 0.393 e. The second-order valence-electron chi connectivity index (χ2n) is 4.59. The Morgan fingerprint density at radius 2 is 1.69 bits per heavy atom. The van der Waals surface area contributed by atoms with Crippen LogP contribution >= 0.6 is 0 Å². The van der Waals surface area contributed by atoms with Crippen molar-refractivity contribution in [3.63, 3.8) is 0 Å². The van der Waals surface area contributed by atoms with Gasteiger partial charge in [0, 0.05) is 0 Å². The van der Waals surface area contributed by atoms with Crippen LogP contribution in [0, 0.1) is 0 Å². The summed E-state index contributed by atoms with van der Waals surface area (Å²) in [6.45, 7) is 4.01. The lowest BCUT2D eigenvalue weighted by Gasteiger charge is -2.14. The number of hydrogen-bond donors (Lipinski definition) is 1. The van der Waals surface area contributed by atoms with E-state index < -0.39 is 0 Å². The van der Waals surface area contributed by atoms with Crippen molar-refractivity contribution in [2.24, 2.45) is 0 Å². The fourth-order valence-electron chi connectivity index (χ4n) is 2.16. The molecule has 0 fully saturated rings. The van der Waals surface area contributed by atoms with Gasteiger partial charge >= 0.3 is 0 Å². The maximum absolute atomic E-state index is 9.40. The van der Waals surface area contributed by atoms with Crippen LogP contribution in [0.4, 0.5) is 0 Å². The first kappa shape index (κ1) is 11.2. The lowest BCUT2D eigenvalue weighted by molar-refractivity contribution is 0.176. The van der Waals surface area contributed by atoms with Crippen molar-refractivity contribution in [1.29, 1.82) is 0 Å². The molecule has 1 nitrogen and oxygen atoms in total. The van der Waals surface area contributed by atoms with Gasteiger partial charge in [0.15, 0.2) is 0 Å². The number of hydrogen-bond acceptors (Lipinski definition) is 1. The summed E-state index contributed by atoms with van der Waals surface area (Å²) in [7, 11) is 0. The molecule has 2 rings (SSSR count). The Hall–Kier alpha value is -1.34. The molecule has 0 saturated carbocycles. The lowest BCUT2D eigenvalue weighted by atomic mass is 9.93. The zero-order valence-corrected chi connectivity index (χ0v) is 9.85. The number of benzene rings is 2. The summed E-state index contributed by atoms with van der Waals surface area (Å²) in [4.78, 5) is 0. The topological polar surface area (TPSA) is 20.2 Å². The van der Waals surface area contributed by atoms with Gasteiger partial charge < -0.3 is 5.11 Å². The molecule has 0 radical (unpaired) electrons. The van der Waals surface area contributed by atoms with Gasteiger partial charge in [-0.2, -0.15) is 0 Å². The SMILES string of the molecule is CC(O)CC(C)c1ccc2ccccc2c1. The normalized spacial score (nSPS) is 14.9. The molecule has 0 saturated heterocycles. The van der Waals surface area contributed by atoms with Crippen LogP contribution in [-0.4, -0.2) is 11.2 Å². The van der Waals surface area contributed by atoms with Gasteiger partial charge in [0.25, 0.3) is 0 Å². The van der Waals surface area contributed by atoms with E-state index in [9.17, 15) is 5.11 Å². The Kier molecular flexibility index (Phi) is 3.25. The lowest BCUT2D eigenvalue weighted by Crippen LogP contribution is -2.05. The number of fused-ring (bicyclic) bond motifs is 1. The van der Waals surface area contributed by atoms with Gasteiger partial charge in [-0.1, -0.05) is 49.4 Å². The molecular formula is C15H18O. The van der Waals surface area contributed by atoms with Crippen LogP contribution in [0.15, 0.2) is 42.5 Å². The van der Waals surface area contributed by atoms with Gasteiger partial charge in [-0.25, -0.2) is 0 Å². The van der Waals surface area contributed by atoms with Gasteiger partial charge in [-0.15, -0.1) is 0 Å². The fraction of sp³-hybridized carbons (Fsp3) is 0.333. The minimum absolute atomic E-state index is 0.235. The van der Waals surface area contributed by atoms with Crippen LogP contribution in [0.2, 0.25) is 0 Å². The van der Waals surface area contributed by atoms with Crippen molar-refractivity contribution in [1.82, 2.24) is 0 Å². The van der Waals surface area contributed by atoms with Gasteiger partial charge in [0.2, 0.25) is 0 Å². The molecule has 0 aliphatic heterocycles. The van der Waals surface area contributed by atoms with Crippen molar-refractivity contribution in [2.45, 2.75) is 32.3 Å². The van der Waals surface area contributed by atoms with Crippen LogP contribution in [0.1, 0.15) is 31.7 Å². The van der Waals surface area contributed by atoms with Gasteiger partial charge in [-0.05, 0) is 35.6 Å². The van der Waals surface area contributed by atoms with Gasteiger partial charge in [0.05, 0.1) is 6.10 Å². The maximum atomic E-state index is 9.40. The Balaban J connectivity index is 2.32. The van der Waals surface area contributed by atoms with Gasteiger partial charge in [0.1, 0.15) is 0 Å². The Morgan fingerprint density at radius 3 is 2.38 bits per heavy atom. The first-order valence-electron chi connectivity index (χ1n) is 5.83. The first-order chi connectivity index (χ1) is 7.66. The molecule has 84 valence electrons. The van der Waals surface area contributed by atoms with E-state index in [0.717, 1.165) is 6.42 Å². The van der Waals surface area contributed by atoms with E-state index in [1.54, 1.807) is 0 Å². The predicted molar refractivity (Wildman–Crippen MR) is 68.7 cm³/mol. The molecule has 0 amide bonds. The molecule has 0 aliphatic carbocycles. The highest BCUT2D eigenvalue weighted by atomic mass is 16.3. The molecule has 0 heterocycles. The minimum Gasteiger partial charge on any atom is -0.393 e. The second-order valence-corrected chi connectivity index (χ2v) is 4.59. The third-order valence-electron chi connectivity index (χ3n) is 3.04. The first-order valence-corrected chi connectivity index (χ1v) is 5.83. The quantitative estimate of drug-likeness (QED) is 0.825. The summed E-state index contributed by atoms with van der Waals surface area (Å²) < 4.78 is 0. The van der Waals surface area contributed by atoms with Gasteiger partial charge in [-0.3, -0.25) is 0 Å². The van der Waals surface area contributed by atoms with E-state index in [1.807, 2.05) is 6.92 Å². The van der Waals surface area contributed by atoms with Crippen molar-refractivity contribution in [2.75, 3.05) is 0 Å². The molecular weight excluding hydrogens is 196 g/mol. The summed E-state index contributed by atoms with van der Waals surface area (Å²) in [5, 5.41) is 11.9. The highest BCUT2D eigenvalue weighted by molar-refractivity contribution is 5.83. The standard InChI is InChI=1S/C15H18O/c1-11(9-12(2)16)14-8-7-13-5-3-4-6-15(13)10-14/h3-8,10-12,16H,9H2,1-2H3. The average Bonchev–Trinajstić information content (AvgIpc) is 2.27. The fourth-order valence-corrected chi connectivity index (χ4v) is 2.16. The van der Waals surface area contributed by atoms with Crippen LogP contribution in [0.5, 0.6) is 0 Å². The Bertz CT molecular complexity index is 474. The van der Waals surface area contributed by atoms with Crippen molar-refractivity contribution in [3.8, 4) is 0 Å². The average molecular weight is 214 g/mol. The smallest absolute Gasteiger partial charge is 0.0517 e. The molecule has 2 unspecified atom stereocenters. The third kappa shape index (κ3) is 2.42. The summed E-state index contributed by atoms with van der Waals surface area (Å²) in [5.74, 6) is 0.407. The predicted octanol–water partition coefficient (Wildman–Crippen LogP) is 3.71. The van der Waals surface area contributed by atoms with Crippen molar-refractivity contribution < 1.29 is 5.11 Å². The molecule has 2 atom stereocenters. The van der Waals surface area contributed by atoms with E-state index >= 15 is 0 Å². The molecule has 0 bridgehead atoms. The maximum Gasteiger partial charge on any atom is 0.0517 e. The zero-order chi connectivity index (χ0) is 11.5. The third-order valence-corrected chi connectivity index (χ3v) is 3.04.